The van der Waals surface area contributed by atoms with Crippen LogP contribution in [0.2, 0.25) is 0 Å². The first-order chi connectivity index (χ1) is 11.7. The van der Waals surface area contributed by atoms with Gasteiger partial charge in [0.2, 0.25) is 0 Å². The fourth-order valence-corrected chi connectivity index (χ4v) is 2.47. The highest BCUT2D eigenvalue weighted by Gasteiger charge is 2.15. The maximum absolute atomic E-state index is 5.64. The number of nitrogens with one attached hydrogen (secondary N) is 2. The summed E-state index contributed by atoms with van der Waals surface area (Å²) in [5, 5.41) is 16.1. The first-order valence-corrected chi connectivity index (χ1v) is 7.39. The number of hydrogen-bond acceptors (Lipinski definition) is 6. The van der Waals surface area contributed by atoms with Crippen molar-refractivity contribution in [2.45, 2.75) is 0 Å². The number of aryl methyl sites for hydroxylation is 1. The van der Waals surface area contributed by atoms with Crippen LogP contribution < -0.4 is 5.32 Å². The summed E-state index contributed by atoms with van der Waals surface area (Å²) < 4.78 is 7.40. The molecule has 0 unspecified atom stereocenters. The molecule has 0 saturated heterocycles. The molecule has 24 heavy (non-hydrogen) atoms. The fraction of sp³-hybridized carbons (Fsp3) is 0.125. The normalized spacial score (nSPS) is 11.0. The number of pyridine rings is 1. The highest BCUT2D eigenvalue weighted by Crippen LogP contribution is 2.30. The lowest BCUT2D eigenvalue weighted by Gasteiger charge is -1.98. The molecule has 0 saturated carbocycles. The molecule has 8 nitrogen and oxygen atoms in total. The largest absolute Gasteiger partial charge is 0.403 e. The first kappa shape index (κ1) is 14.2. The number of aromatic amines is 1. The Labute approximate surface area is 137 Å². The van der Waals surface area contributed by atoms with Gasteiger partial charge in [0, 0.05) is 48.7 Å². The molecule has 0 aliphatic heterocycles. The maximum Gasteiger partial charge on any atom is 0.315 e. The monoisotopic (exact) mass is 321 g/mol. The number of anilines is 1. The zero-order valence-corrected chi connectivity index (χ0v) is 13.0. The van der Waals surface area contributed by atoms with Crippen molar-refractivity contribution in [3.05, 3.63) is 43.5 Å². The van der Waals surface area contributed by atoms with Crippen LogP contribution in [0.3, 0.4) is 0 Å². The molecule has 120 valence electrons. The van der Waals surface area contributed by atoms with Crippen molar-refractivity contribution in [1.29, 1.82) is 0 Å². The van der Waals surface area contributed by atoms with Crippen LogP contribution in [0.15, 0.2) is 47.9 Å². The molecule has 4 heterocycles. The summed E-state index contributed by atoms with van der Waals surface area (Å²) in [5.41, 5.74) is 3.54. The molecule has 0 radical (unpaired) electrons. The van der Waals surface area contributed by atoms with Gasteiger partial charge in [-0.05, 0) is 6.07 Å². The number of aromatic nitrogens is 6. The van der Waals surface area contributed by atoms with Crippen LogP contribution in [-0.2, 0) is 7.05 Å². The predicted molar refractivity (Wildman–Crippen MR) is 90.3 cm³/mol. The Morgan fingerprint density at radius 3 is 3.04 bits per heavy atom. The van der Waals surface area contributed by atoms with E-state index in [-0.39, 0.29) is 0 Å². The van der Waals surface area contributed by atoms with Crippen molar-refractivity contribution in [3.8, 4) is 22.6 Å². The zero-order chi connectivity index (χ0) is 16.5. The summed E-state index contributed by atoms with van der Waals surface area (Å²) in [7, 11) is 1.88. The molecule has 4 aromatic rings. The molecule has 0 atom stereocenters. The third-order valence-corrected chi connectivity index (χ3v) is 3.62. The molecule has 4 rings (SSSR count). The van der Waals surface area contributed by atoms with E-state index in [0.29, 0.717) is 18.5 Å². The number of hydrogen-bond donors (Lipinski definition) is 2. The highest BCUT2D eigenvalue weighted by atomic mass is 16.4. The Morgan fingerprint density at radius 2 is 2.25 bits per heavy atom. The van der Waals surface area contributed by atoms with E-state index in [1.165, 1.54) is 0 Å². The molecular formula is C16H15N7O. The van der Waals surface area contributed by atoms with E-state index in [4.69, 9.17) is 4.42 Å². The van der Waals surface area contributed by atoms with Gasteiger partial charge in [-0.15, -0.1) is 11.7 Å². The number of H-pyrrole nitrogens is 1. The quantitative estimate of drug-likeness (QED) is 0.548. The van der Waals surface area contributed by atoms with Gasteiger partial charge in [0.05, 0.1) is 11.8 Å². The van der Waals surface area contributed by atoms with E-state index < -0.39 is 0 Å². The average molecular weight is 321 g/mol. The van der Waals surface area contributed by atoms with Gasteiger partial charge < -0.3 is 14.7 Å². The van der Waals surface area contributed by atoms with Crippen molar-refractivity contribution in [2.75, 3.05) is 11.9 Å². The van der Waals surface area contributed by atoms with Gasteiger partial charge in [-0.1, -0.05) is 11.2 Å². The minimum absolute atomic E-state index is 0.357. The Balaban J connectivity index is 1.75. The standard InChI is InChI=1S/C16H15N7O/c1-3-4-17-16-22-21-15(24-16)13-8-19-14-12(13)5-10(6-18-14)11-7-20-23(2)9-11/h3,5-9H,1,4H2,2H3,(H,17,22)(H,18,19). The summed E-state index contributed by atoms with van der Waals surface area (Å²) in [5.74, 6) is 0.429. The van der Waals surface area contributed by atoms with Crippen LogP contribution in [0.1, 0.15) is 0 Å². The van der Waals surface area contributed by atoms with Crippen LogP contribution in [0.25, 0.3) is 33.6 Å². The van der Waals surface area contributed by atoms with Crippen LogP contribution in [-0.4, -0.2) is 36.5 Å². The lowest BCUT2D eigenvalue weighted by Crippen LogP contribution is -1.97. The molecule has 0 fully saturated rings. The second-order valence-electron chi connectivity index (χ2n) is 5.31. The second-order valence-corrected chi connectivity index (χ2v) is 5.31. The van der Waals surface area contributed by atoms with E-state index in [9.17, 15) is 0 Å². The summed E-state index contributed by atoms with van der Waals surface area (Å²) >= 11 is 0. The van der Waals surface area contributed by atoms with Crippen molar-refractivity contribution in [3.63, 3.8) is 0 Å². The minimum Gasteiger partial charge on any atom is -0.403 e. The SMILES string of the molecule is C=CCNc1nnc(-c2c[nH]c3ncc(-c4cnn(C)c4)cc23)o1. The van der Waals surface area contributed by atoms with Crippen molar-refractivity contribution in [2.24, 2.45) is 7.05 Å². The molecular weight excluding hydrogens is 306 g/mol. The smallest absolute Gasteiger partial charge is 0.315 e. The third-order valence-electron chi connectivity index (χ3n) is 3.62. The molecule has 0 bridgehead atoms. The topological polar surface area (TPSA) is 97.5 Å². The number of rotatable bonds is 5. The summed E-state index contributed by atoms with van der Waals surface area (Å²) in [6.45, 7) is 4.20. The Bertz CT molecular complexity index is 1010. The molecule has 0 aromatic carbocycles. The van der Waals surface area contributed by atoms with Crippen molar-refractivity contribution in [1.82, 2.24) is 29.9 Å². The van der Waals surface area contributed by atoms with Crippen molar-refractivity contribution < 1.29 is 4.42 Å². The Morgan fingerprint density at radius 1 is 1.33 bits per heavy atom. The first-order valence-electron chi connectivity index (χ1n) is 7.39. The van der Waals surface area contributed by atoms with Crippen LogP contribution >= 0.6 is 0 Å². The molecule has 0 amide bonds. The van der Waals surface area contributed by atoms with E-state index >= 15 is 0 Å². The fourth-order valence-electron chi connectivity index (χ4n) is 2.47. The molecule has 0 spiro atoms. The predicted octanol–water partition coefficient (Wildman–Crippen LogP) is 2.61. The van der Waals surface area contributed by atoms with Crippen LogP contribution in [0, 0.1) is 0 Å². The van der Waals surface area contributed by atoms with E-state index in [2.05, 4.69) is 37.2 Å². The zero-order valence-electron chi connectivity index (χ0n) is 13.0. The van der Waals surface area contributed by atoms with Gasteiger partial charge >= 0.3 is 6.01 Å². The molecule has 8 heteroatoms. The van der Waals surface area contributed by atoms with E-state index in [1.807, 2.05) is 31.7 Å². The second kappa shape index (κ2) is 5.65. The highest BCUT2D eigenvalue weighted by molar-refractivity contribution is 5.93. The van der Waals surface area contributed by atoms with Gasteiger partial charge in [0.15, 0.2) is 0 Å². The van der Waals surface area contributed by atoms with E-state index in [1.54, 1.807) is 17.0 Å². The lowest BCUT2D eigenvalue weighted by molar-refractivity contribution is 0.584. The molecule has 0 aliphatic carbocycles. The number of nitrogens with zero attached hydrogens (tertiary/aromatic N) is 5. The van der Waals surface area contributed by atoms with Gasteiger partial charge in [-0.3, -0.25) is 4.68 Å². The number of fused-ring (bicyclic) bond motifs is 1. The third kappa shape index (κ3) is 2.43. The van der Waals surface area contributed by atoms with Crippen LogP contribution in [0.5, 0.6) is 0 Å². The van der Waals surface area contributed by atoms with E-state index in [0.717, 1.165) is 27.7 Å². The van der Waals surface area contributed by atoms with Gasteiger partial charge in [-0.2, -0.15) is 5.10 Å². The Kier molecular flexibility index (Phi) is 3.34. The summed E-state index contributed by atoms with van der Waals surface area (Å²) in [6.07, 6.45) is 9.10. The molecule has 4 aromatic heterocycles. The van der Waals surface area contributed by atoms with Gasteiger partial charge in [-0.25, -0.2) is 4.98 Å². The minimum atomic E-state index is 0.357. The lowest BCUT2D eigenvalue weighted by atomic mass is 10.1. The van der Waals surface area contributed by atoms with Crippen molar-refractivity contribution >= 4 is 17.0 Å². The maximum atomic E-state index is 5.64. The molecule has 2 N–H and O–H groups in total. The summed E-state index contributed by atoms with van der Waals surface area (Å²) in [4.78, 5) is 7.58. The van der Waals surface area contributed by atoms with Crippen LogP contribution in [0.4, 0.5) is 6.01 Å². The average Bonchev–Trinajstić information content (AvgIpc) is 3.31. The Hall–Kier alpha value is -3.42. The molecule has 0 aliphatic rings. The van der Waals surface area contributed by atoms with Gasteiger partial charge in [0.1, 0.15) is 5.65 Å². The van der Waals surface area contributed by atoms with Gasteiger partial charge in [0.25, 0.3) is 5.89 Å². The summed E-state index contributed by atoms with van der Waals surface area (Å²) in [6, 6.07) is 2.39.